The monoisotopic (exact) mass is 255 g/mol. The molecule has 0 bridgehead atoms. The molecule has 0 radical (unpaired) electrons. The molecule has 0 aliphatic heterocycles. The van der Waals surface area contributed by atoms with Gasteiger partial charge in [-0.2, -0.15) is 0 Å². The van der Waals surface area contributed by atoms with Gasteiger partial charge in [-0.15, -0.1) is 0 Å². The van der Waals surface area contributed by atoms with Crippen LogP contribution in [0.5, 0.6) is 0 Å². The molecule has 1 heterocycles. The van der Waals surface area contributed by atoms with Crippen LogP contribution in [0.15, 0.2) is 59.4 Å². The summed E-state index contributed by atoms with van der Waals surface area (Å²) in [6.45, 7) is 0. The molecule has 18 heavy (non-hydrogen) atoms. The van der Waals surface area contributed by atoms with E-state index in [1.54, 1.807) is 30.3 Å². The topological polar surface area (TPSA) is 39.1 Å². The molecule has 0 saturated carbocycles. The van der Waals surface area contributed by atoms with Crippen LogP contribution in [0.4, 0.5) is 0 Å². The molecular formula is C14H9NO2S. The van der Waals surface area contributed by atoms with Crippen LogP contribution in [-0.2, 0) is 0 Å². The number of para-hydroxylation sites is 1. The lowest BCUT2D eigenvalue weighted by Crippen LogP contribution is -2.08. The van der Waals surface area contributed by atoms with E-state index in [2.05, 4.69) is 0 Å². The predicted octanol–water partition coefficient (Wildman–Crippen LogP) is 2.75. The van der Waals surface area contributed by atoms with Crippen molar-refractivity contribution in [3.8, 4) is 0 Å². The second-order valence-electron chi connectivity index (χ2n) is 3.86. The van der Waals surface area contributed by atoms with Gasteiger partial charge in [0, 0.05) is 5.56 Å². The molecule has 0 N–H and O–H groups in total. The Bertz CT molecular complexity index is 771. The van der Waals surface area contributed by atoms with Crippen LogP contribution >= 0.6 is 11.5 Å². The molecule has 0 aliphatic rings. The van der Waals surface area contributed by atoms with Gasteiger partial charge in [-0.25, -0.2) is 3.96 Å². The third-order valence-electron chi connectivity index (χ3n) is 2.72. The first-order valence-corrected chi connectivity index (χ1v) is 6.25. The molecule has 0 spiro atoms. The molecule has 4 heteroatoms. The molecule has 3 nitrogen and oxygen atoms in total. The average Bonchev–Trinajstić information content (AvgIpc) is 2.77. The number of benzene rings is 2. The van der Waals surface area contributed by atoms with Crippen molar-refractivity contribution in [2.45, 2.75) is 0 Å². The first-order chi connectivity index (χ1) is 8.77. The summed E-state index contributed by atoms with van der Waals surface area (Å²) in [6, 6.07) is 16.1. The predicted molar refractivity (Wildman–Crippen MR) is 72.3 cm³/mol. The van der Waals surface area contributed by atoms with Crippen LogP contribution in [0.2, 0.25) is 0 Å². The molecule has 1 aromatic heterocycles. The minimum absolute atomic E-state index is 0.0881. The van der Waals surface area contributed by atoms with E-state index in [1.165, 1.54) is 3.96 Å². The smallest absolute Gasteiger partial charge is 0.271 e. The van der Waals surface area contributed by atoms with E-state index in [9.17, 15) is 9.59 Å². The standard InChI is InChI=1S/C14H9NO2S/c16-13(10-6-2-1-3-7-10)15-12-9-5-4-8-11(12)14(17)18-15/h1-9H. The highest BCUT2D eigenvalue weighted by molar-refractivity contribution is 7.06. The number of hydrogen-bond donors (Lipinski definition) is 0. The highest BCUT2D eigenvalue weighted by Gasteiger charge is 2.14. The van der Waals surface area contributed by atoms with E-state index in [0.717, 1.165) is 11.5 Å². The zero-order chi connectivity index (χ0) is 12.5. The Labute approximate surface area is 107 Å². The second-order valence-corrected chi connectivity index (χ2v) is 4.78. The van der Waals surface area contributed by atoms with E-state index in [-0.39, 0.29) is 10.6 Å². The van der Waals surface area contributed by atoms with Crippen molar-refractivity contribution in [3.63, 3.8) is 0 Å². The summed E-state index contributed by atoms with van der Waals surface area (Å²) in [6.07, 6.45) is 0. The third-order valence-corrected chi connectivity index (χ3v) is 3.65. The average molecular weight is 255 g/mol. The molecular weight excluding hydrogens is 246 g/mol. The fraction of sp³-hybridized carbons (Fsp3) is 0. The molecule has 0 atom stereocenters. The van der Waals surface area contributed by atoms with Crippen molar-refractivity contribution < 1.29 is 4.79 Å². The summed E-state index contributed by atoms with van der Waals surface area (Å²) in [4.78, 5) is 24.1. The Morgan fingerprint density at radius 3 is 2.39 bits per heavy atom. The van der Waals surface area contributed by atoms with Crippen LogP contribution in [0, 0.1) is 0 Å². The molecule has 2 aromatic carbocycles. The fourth-order valence-electron chi connectivity index (χ4n) is 1.85. The van der Waals surface area contributed by atoms with E-state index in [1.807, 2.05) is 24.3 Å². The van der Waals surface area contributed by atoms with Gasteiger partial charge in [0.2, 0.25) is 0 Å². The van der Waals surface area contributed by atoms with Crippen molar-refractivity contribution in [3.05, 3.63) is 69.7 Å². The number of rotatable bonds is 1. The summed E-state index contributed by atoms with van der Waals surface area (Å²) >= 11 is 0.942. The SMILES string of the molecule is O=C(c1ccccc1)n1sc(=O)c2ccccc21. The van der Waals surface area contributed by atoms with Gasteiger partial charge >= 0.3 is 0 Å². The Kier molecular flexibility index (Phi) is 2.57. The van der Waals surface area contributed by atoms with Gasteiger partial charge in [0.05, 0.1) is 10.9 Å². The lowest BCUT2D eigenvalue weighted by Gasteiger charge is -2.01. The highest BCUT2D eigenvalue weighted by atomic mass is 32.1. The number of carbonyl (C=O) groups excluding carboxylic acids is 1. The van der Waals surface area contributed by atoms with Crippen molar-refractivity contribution in [1.82, 2.24) is 3.96 Å². The zero-order valence-electron chi connectivity index (χ0n) is 9.37. The Hall–Kier alpha value is -2.20. The zero-order valence-corrected chi connectivity index (χ0v) is 10.2. The van der Waals surface area contributed by atoms with Gasteiger partial charge in [0.25, 0.3) is 10.6 Å². The van der Waals surface area contributed by atoms with Gasteiger partial charge in [-0.1, -0.05) is 30.3 Å². The maximum Gasteiger partial charge on any atom is 0.271 e. The molecule has 3 rings (SSSR count). The van der Waals surface area contributed by atoms with Crippen molar-refractivity contribution in [2.24, 2.45) is 0 Å². The molecule has 88 valence electrons. The summed E-state index contributed by atoms with van der Waals surface area (Å²) in [5.74, 6) is -0.168. The Morgan fingerprint density at radius 1 is 0.944 bits per heavy atom. The quantitative estimate of drug-likeness (QED) is 0.670. The largest absolute Gasteiger partial charge is 0.276 e. The number of fused-ring (bicyclic) bond motifs is 1. The fourth-order valence-corrected chi connectivity index (χ4v) is 2.74. The minimum Gasteiger partial charge on any atom is -0.276 e. The maximum atomic E-state index is 12.3. The summed E-state index contributed by atoms with van der Waals surface area (Å²) < 4.78 is 1.36. The number of hydrogen-bond acceptors (Lipinski definition) is 3. The first kappa shape index (κ1) is 10.9. The van der Waals surface area contributed by atoms with Crippen LogP contribution < -0.4 is 4.74 Å². The van der Waals surface area contributed by atoms with Crippen molar-refractivity contribution in [1.29, 1.82) is 0 Å². The summed E-state index contributed by atoms with van der Waals surface area (Å²) in [7, 11) is 0. The van der Waals surface area contributed by atoms with Crippen molar-refractivity contribution >= 4 is 28.3 Å². The van der Waals surface area contributed by atoms with Crippen molar-refractivity contribution in [2.75, 3.05) is 0 Å². The van der Waals surface area contributed by atoms with E-state index >= 15 is 0 Å². The minimum atomic E-state index is -0.168. The maximum absolute atomic E-state index is 12.3. The van der Waals surface area contributed by atoms with E-state index in [0.29, 0.717) is 16.5 Å². The van der Waals surface area contributed by atoms with Crippen LogP contribution in [0.3, 0.4) is 0 Å². The van der Waals surface area contributed by atoms with Gasteiger partial charge < -0.3 is 0 Å². The summed E-state index contributed by atoms with van der Waals surface area (Å²) in [5.41, 5.74) is 1.25. The van der Waals surface area contributed by atoms with Crippen LogP contribution in [0.1, 0.15) is 10.4 Å². The number of carbonyl (C=O) groups is 1. The highest BCUT2D eigenvalue weighted by Crippen LogP contribution is 2.16. The van der Waals surface area contributed by atoms with Gasteiger partial charge in [0.15, 0.2) is 0 Å². The number of aromatic nitrogens is 1. The molecule has 0 fully saturated rings. The Morgan fingerprint density at radius 2 is 1.61 bits per heavy atom. The van der Waals surface area contributed by atoms with Crippen LogP contribution in [-0.4, -0.2) is 9.86 Å². The molecule has 0 aliphatic carbocycles. The van der Waals surface area contributed by atoms with Crippen LogP contribution in [0.25, 0.3) is 10.9 Å². The molecule has 3 aromatic rings. The second kappa shape index (κ2) is 4.23. The number of nitrogens with zero attached hydrogens (tertiary/aromatic N) is 1. The third kappa shape index (κ3) is 1.67. The lowest BCUT2D eigenvalue weighted by molar-refractivity contribution is 0.0975. The first-order valence-electron chi connectivity index (χ1n) is 5.48. The molecule has 0 unspecified atom stereocenters. The normalized spacial score (nSPS) is 10.7. The molecule has 0 saturated heterocycles. The molecule has 0 amide bonds. The van der Waals surface area contributed by atoms with Gasteiger partial charge in [-0.3, -0.25) is 9.59 Å². The van der Waals surface area contributed by atoms with Gasteiger partial charge in [-0.05, 0) is 35.8 Å². The lowest BCUT2D eigenvalue weighted by atomic mass is 10.2. The van der Waals surface area contributed by atoms with E-state index < -0.39 is 0 Å². The van der Waals surface area contributed by atoms with E-state index in [4.69, 9.17) is 0 Å². The summed E-state index contributed by atoms with van der Waals surface area (Å²) in [5, 5.41) is 0.590. The van der Waals surface area contributed by atoms with Gasteiger partial charge in [0.1, 0.15) is 0 Å². The Balaban J connectivity index is 2.22.